The fourth-order valence-electron chi connectivity index (χ4n) is 2.50. The summed E-state index contributed by atoms with van der Waals surface area (Å²) in [7, 11) is 0. The molecule has 6 nitrogen and oxygen atoms in total. The molecule has 3 rings (SSSR count). The van der Waals surface area contributed by atoms with Gasteiger partial charge in [0.2, 0.25) is 0 Å². The third-order valence-electron chi connectivity index (χ3n) is 3.50. The van der Waals surface area contributed by atoms with E-state index in [9.17, 15) is 19.7 Å². The minimum absolute atomic E-state index is 0.119. The first-order chi connectivity index (χ1) is 10.9. The predicted molar refractivity (Wildman–Crippen MR) is 86.1 cm³/mol. The summed E-state index contributed by atoms with van der Waals surface area (Å²) in [5.41, 5.74) is 1.38. The molecule has 0 unspecified atom stereocenters. The first kappa shape index (κ1) is 15.5. The molecule has 0 aliphatic heterocycles. The zero-order chi connectivity index (χ0) is 16.7. The number of alkyl halides is 2. The Kier molecular flexibility index (Phi) is 3.79. The van der Waals surface area contributed by atoms with E-state index in [-0.39, 0.29) is 22.7 Å². The van der Waals surface area contributed by atoms with E-state index in [4.69, 9.17) is 23.2 Å². The molecule has 0 aromatic heterocycles. The van der Waals surface area contributed by atoms with Crippen molar-refractivity contribution in [3.63, 3.8) is 0 Å². The van der Waals surface area contributed by atoms with Gasteiger partial charge in [-0.25, -0.2) is 0 Å². The van der Waals surface area contributed by atoms with E-state index in [1.54, 1.807) is 24.3 Å². The molecule has 0 heterocycles. The van der Waals surface area contributed by atoms with Crippen LogP contribution in [0, 0.1) is 10.1 Å². The quantitative estimate of drug-likeness (QED) is 0.444. The van der Waals surface area contributed by atoms with Gasteiger partial charge in [0.05, 0.1) is 4.92 Å². The minimum atomic E-state index is -1.38. The van der Waals surface area contributed by atoms with Gasteiger partial charge < -0.3 is 5.32 Å². The van der Waals surface area contributed by atoms with E-state index in [0.717, 1.165) is 0 Å². The summed E-state index contributed by atoms with van der Waals surface area (Å²) in [6.07, 6.45) is 0. The lowest BCUT2D eigenvalue weighted by Crippen LogP contribution is -2.19. The van der Waals surface area contributed by atoms with Gasteiger partial charge in [-0.1, -0.05) is 47.5 Å². The van der Waals surface area contributed by atoms with E-state index >= 15 is 0 Å². The Bertz CT molecular complexity index is 865. The van der Waals surface area contributed by atoms with Crippen LogP contribution in [-0.2, 0) is 4.79 Å². The maximum atomic E-state index is 12.4. The van der Waals surface area contributed by atoms with Crippen LogP contribution in [0.2, 0.25) is 0 Å². The predicted octanol–water partition coefficient (Wildman–Crippen LogP) is 3.55. The summed E-state index contributed by atoms with van der Waals surface area (Å²) in [6, 6.07) is 9.37. The summed E-state index contributed by atoms with van der Waals surface area (Å²) in [5.74, 6) is -1.06. The number of ketones is 1. The normalized spacial score (nSPS) is 12.0. The Morgan fingerprint density at radius 2 is 1.74 bits per heavy atom. The molecule has 23 heavy (non-hydrogen) atoms. The Morgan fingerprint density at radius 3 is 2.35 bits per heavy atom. The Hall–Kier alpha value is -2.44. The van der Waals surface area contributed by atoms with Crippen LogP contribution >= 0.6 is 23.2 Å². The molecule has 1 aliphatic rings. The van der Waals surface area contributed by atoms with Crippen molar-refractivity contribution >= 4 is 46.3 Å². The number of hydrogen-bond acceptors (Lipinski definition) is 4. The van der Waals surface area contributed by atoms with Crippen molar-refractivity contribution in [1.29, 1.82) is 0 Å². The number of benzene rings is 2. The van der Waals surface area contributed by atoms with Gasteiger partial charge in [-0.05, 0) is 11.6 Å². The van der Waals surface area contributed by atoms with Crippen LogP contribution in [0.25, 0.3) is 11.1 Å². The molecule has 0 saturated carbocycles. The molecular weight excluding hydrogens is 343 g/mol. The molecule has 0 spiro atoms. The second-order valence-electron chi connectivity index (χ2n) is 4.84. The maximum Gasteiger partial charge on any atom is 0.293 e. The number of nitrogens with zero attached hydrogens (tertiary/aromatic N) is 1. The molecule has 2 aromatic carbocycles. The van der Waals surface area contributed by atoms with Crippen LogP contribution in [0.5, 0.6) is 0 Å². The molecule has 0 radical (unpaired) electrons. The van der Waals surface area contributed by atoms with Crippen molar-refractivity contribution in [1.82, 2.24) is 0 Å². The summed E-state index contributed by atoms with van der Waals surface area (Å²) in [4.78, 5) is 33.3. The van der Waals surface area contributed by atoms with Crippen LogP contribution in [0.3, 0.4) is 0 Å². The molecule has 0 atom stereocenters. The Balaban J connectivity index is 2.17. The Labute approximate surface area is 140 Å². The van der Waals surface area contributed by atoms with E-state index < -0.39 is 15.7 Å². The average Bonchev–Trinajstić information content (AvgIpc) is 2.79. The van der Waals surface area contributed by atoms with Crippen molar-refractivity contribution in [2.45, 2.75) is 4.84 Å². The zero-order valence-corrected chi connectivity index (χ0v) is 12.9. The van der Waals surface area contributed by atoms with E-state index in [0.29, 0.717) is 16.7 Å². The highest BCUT2D eigenvalue weighted by molar-refractivity contribution is 6.54. The van der Waals surface area contributed by atoms with Gasteiger partial charge in [-0.15, -0.1) is 0 Å². The van der Waals surface area contributed by atoms with Crippen molar-refractivity contribution in [3.05, 3.63) is 57.6 Å². The van der Waals surface area contributed by atoms with Crippen LogP contribution < -0.4 is 5.32 Å². The fourth-order valence-corrected chi connectivity index (χ4v) is 2.61. The highest BCUT2D eigenvalue weighted by Gasteiger charge is 2.31. The smallest absolute Gasteiger partial charge is 0.293 e. The standard InChI is InChI=1S/C15H8Cl2N2O4/c16-14(17)15(21)18-11-5-10-9(6-12(11)19(22)23)7-3-1-2-4-8(7)13(10)20/h1-6,14H,(H,18,21). The van der Waals surface area contributed by atoms with Gasteiger partial charge in [0, 0.05) is 22.8 Å². The number of nitro groups is 1. The van der Waals surface area contributed by atoms with E-state index in [1.165, 1.54) is 12.1 Å². The van der Waals surface area contributed by atoms with Gasteiger partial charge in [0.1, 0.15) is 5.69 Å². The molecule has 0 fully saturated rings. The van der Waals surface area contributed by atoms with Crippen molar-refractivity contribution < 1.29 is 14.5 Å². The van der Waals surface area contributed by atoms with E-state index in [2.05, 4.69) is 5.32 Å². The van der Waals surface area contributed by atoms with Gasteiger partial charge in [0.25, 0.3) is 11.6 Å². The Morgan fingerprint density at radius 1 is 1.09 bits per heavy atom. The summed E-state index contributed by atoms with van der Waals surface area (Å²) in [6.45, 7) is 0. The van der Waals surface area contributed by atoms with Crippen molar-refractivity contribution in [2.24, 2.45) is 0 Å². The number of nitro benzene ring substituents is 1. The lowest BCUT2D eigenvalue weighted by molar-refractivity contribution is -0.383. The van der Waals surface area contributed by atoms with Crippen LogP contribution in [0.4, 0.5) is 11.4 Å². The third-order valence-corrected chi connectivity index (χ3v) is 3.89. The van der Waals surface area contributed by atoms with Crippen LogP contribution in [-0.4, -0.2) is 21.5 Å². The zero-order valence-electron chi connectivity index (χ0n) is 11.4. The number of carbonyl (C=O) groups is 2. The van der Waals surface area contributed by atoms with Gasteiger partial charge in [0.15, 0.2) is 10.6 Å². The summed E-state index contributed by atoms with van der Waals surface area (Å²) >= 11 is 10.9. The lowest BCUT2D eigenvalue weighted by atomic mass is 10.0. The number of hydrogen-bond donors (Lipinski definition) is 1. The fraction of sp³-hybridized carbons (Fsp3) is 0.0667. The van der Waals surface area contributed by atoms with Gasteiger partial charge >= 0.3 is 0 Å². The lowest BCUT2D eigenvalue weighted by Gasteiger charge is -2.08. The number of anilines is 1. The molecule has 1 amide bonds. The molecule has 8 heteroatoms. The summed E-state index contributed by atoms with van der Waals surface area (Å²) < 4.78 is 0. The van der Waals surface area contributed by atoms with Crippen LogP contribution in [0.1, 0.15) is 15.9 Å². The van der Waals surface area contributed by atoms with Crippen molar-refractivity contribution in [3.8, 4) is 11.1 Å². The highest BCUT2D eigenvalue weighted by atomic mass is 35.5. The minimum Gasteiger partial charge on any atom is -0.318 e. The molecule has 0 saturated heterocycles. The van der Waals surface area contributed by atoms with E-state index in [1.807, 2.05) is 0 Å². The van der Waals surface area contributed by atoms with Crippen LogP contribution in [0.15, 0.2) is 36.4 Å². The van der Waals surface area contributed by atoms with Gasteiger partial charge in [-0.3, -0.25) is 19.7 Å². The SMILES string of the molecule is O=C1c2ccccc2-c2cc([N+](=O)[O-])c(NC(=O)C(Cl)Cl)cc21. The molecule has 116 valence electrons. The first-order valence-electron chi connectivity index (χ1n) is 6.45. The molecule has 1 aliphatic carbocycles. The molecule has 2 aromatic rings. The molecule has 0 bridgehead atoms. The largest absolute Gasteiger partial charge is 0.318 e. The summed E-state index contributed by atoms with van der Waals surface area (Å²) in [5, 5.41) is 13.5. The number of amides is 1. The number of halogens is 2. The topological polar surface area (TPSA) is 89.3 Å². The monoisotopic (exact) mass is 350 g/mol. The van der Waals surface area contributed by atoms with Crippen molar-refractivity contribution in [2.75, 3.05) is 5.32 Å². The maximum absolute atomic E-state index is 12.4. The second-order valence-corrected chi connectivity index (χ2v) is 5.93. The number of fused-ring (bicyclic) bond motifs is 3. The first-order valence-corrected chi connectivity index (χ1v) is 7.33. The molecular formula is C15H8Cl2N2O4. The number of nitrogens with one attached hydrogen (secondary N) is 1. The average molecular weight is 351 g/mol. The second kappa shape index (κ2) is 5.64. The third kappa shape index (κ3) is 2.56. The molecule has 1 N–H and O–H groups in total. The number of rotatable bonds is 3. The number of carbonyl (C=O) groups excluding carboxylic acids is 2. The van der Waals surface area contributed by atoms with Gasteiger partial charge in [-0.2, -0.15) is 0 Å². The highest BCUT2D eigenvalue weighted by Crippen LogP contribution is 2.41.